The summed E-state index contributed by atoms with van der Waals surface area (Å²) in [6.07, 6.45) is 0. The van der Waals surface area contributed by atoms with Crippen molar-refractivity contribution in [1.82, 2.24) is 4.57 Å². The Kier molecular flexibility index (Phi) is 4.29. The highest BCUT2D eigenvalue weighted by Gasteiger charge is 2.21. The average molecular weight is 406 g/mol. The molecular formula is C12H9ClIN3O3. The topological polar surface area (TPSA) is 77.2 Å². The van der Waals surface area contributed by atoms with Crippen LogP contribution in [-0.4, -0.2) is 15.4 Å². The third-order valence-electron chi connectivity index (χ3n) is 2.69. The number of rotatable bonds is 3. The number of hydrogen-bond acceptors (Lipinski definition) is 3. The summed E-state index contributed by atoms with van der Waals surface area (Å²) in [6, 6.07) is 7.76. The van der Waals surface area contributed by atoms with E-state index in [1.54, 1.807) is 18.2 Å². The maximum atomic E-state index is 12.1. The third kappa shape index (κ3) is 2.93. The van der Waals surface area contributed by atoms with E-state index in [4.69, 9.17) is 11.6 Å². The Labute approximate surface area is 133 Å². The molecule has 0 saturated carbocycles. The minimum Gasteiger partial charge on any atom is -0.358 e. The molecule has 8 heteroatoms. The molecule has 0 aliphatic carbocycles. The van der Waals surface area contributed by atoms with Gasteiger partial charge in [-0.3, -0.25) is 4.79 Å². The Morgan fingerprint density at radius 1 is 1.40 bits per heavy atom. The van der Waals surface area contributed by atoms with Crippen LogP contribution in [0.5, 0.6) is 0 Å². The van der Waals surface area contributed by atoms with Crippen LogP contribution in [0.3, 0.4) is 0 Å². The van der Waals surface area contributed by atoms with Gasteiger partial charge < -0.3 is 15.4 Å². The molecule has 0 fully saturated rings. The first-order chi connectivity index (χ1) is 9.40. The lowest BCUT2D eigenvalue weighted by molar-refractivity contribution is -0.391. The van der Waals surface area contributed by atoms with Gasteiger partial charge >= 0.3 is 5.82 Å². The Hall–Kier alpha value is -1.61. The summed E-state index contributed by atoms with van der Waals surface area (Å²) >= 11 is 7.89. The summed E-state index contributed by atoms with van der Waals surface area (Å²) < 4.78 is 2.02. The minimum absolute atomic E-state index is 0.138. The van der Waals surface area contributed by atoms with Crippen LogP contribution in [0.4, 0.5) is 11.5 Å². The van der Waals surface area contributed by atoms with Gasteiger partial charge in [-0.25, -0.2) is 4.57 Å². The van der Waals surface area contributed by atoms with Crippen LogP contribution in [0.25, 0.3) is 0 Å². The molecule has 0 spiro atoms. The van der Waals surface area contributed by atoms with E-state index in [0.717, 1.165) is 3.57 Å². The molecule has 2 aromatic rings. The molecule has 1 N–H and O–H groups in total. The molecule has 1 heterocycles. The predicted molar refractivity (Wildman–Crippen MR) is 84.2 cm³/mol. The second-order valence-electron chi connectivity index (χ2n) is 3.97. The van der Waals surface area contributed by atoms with Crippen LogP contribution in [0.2, 0.25) is 5.02 Å². The summed E-state index contributed by atoms with van der Waals surface area (Å²) in [7, 11) is 1.47. The largest absolute Gasteiger partial charge is 0.358 e. The smallest absolute Gasteiger partial charge is 0.323 e. The fraction of sp³-hybridized carbons (Fsp3) is 0.0833. The molecule has 0 aliphatic heterocycles. The molecular weight excluding hydrogens is 397 g/mol. The SMILES string of the molecule is Cn1c(C(=O)Nc2ccc(Cl)cc2I)ccc1[N+](=O)[O-]. The number of anilines is 1. The molecule has 0 aliphatic rings. The zero-order valence-electron chi connectivity index (χ0n) is 10.3. The average Bonchev–Trinajstić information content (AvgIpc) is 2.74. The Balaban J connectivity index is 2.26. The number of aromatic nitrogens is 1. The first-order valence-corrected chi connectivity index (χ1v) is 6.92. The van der Waals surface area contributed by atoms with E-state index in [9.17, 15) is 14.9 Å². The summed E-state index contributed by atoms with van der Waals surface area (Å²) in [4.78, 5) is 22.3. The lowest BCUT2D eigenvalue weighted by Gasteiger charge is -2.06. The van der Waals surface area contributed by atoms with Crippen LogP contribution < -0.4 is 5.32 Å². The molecule has 1 amide bonds. The van der Waals surface area contributed by atoms with Gasteiger partial charge in [0.1, 0.15) is 0 Å². The summed E-state index contributed by atoms with van der Waals surface area (Å²) in [5.74, 6) is -0.554. The van der Waals surface area contributed by atoms with Gasteiger partial charge in [0.2, 0.25) is 0 Å². The molecule has 6 nitrogen and oxygen atoms in total. The van der Waals surface area contributed by atoms with Crippen molar-refractivity contribution in [3.63, 3.8) is 0 Å². The summed E-state index contributed by atoms with van der Waals surface area (Å²) in [6.45, 7) is 0. The van der Waals surface area contributed by atoms with Gasteiger partial charge in [-0.2, -0.15) is 0 Å². The number of nitro groups is 1. The van der Waals surface area contributed by atoms with Crippen molar-refractivity contribution in [1.29, 1.82) is 0 Å². The van der Waals surface area contributed by atoms with Crippen molar-refractivity contribution in [2.45, 2.75) is 0 Å². The fourth-order valence-electron chi connectivity index (χ4n) is 1.69. The van der Waals surface area contributed by atoms with Gasteiger partial charge in [0.05, 0.1) is 12.7 Å². The number of nitrogens with one attached hydrogen (secondary N) is 1. The van der Waals surface area contributed by atoms with Gasteiger partial charge in [-0.15, -0.1) is 0 Å². The highest BCUT2D eigenvalue weighted by Crippen LogP contribution is 2.23. The Morgan fingerprint density at radius 3 is 2.65 bits per heavy atom. The Bertz CT molecular complexity index is 699. The number of hydrogen-bond donors (Lipinski definition) is 1. The summed E-state index contributed by atoms with van der Waals surface area (Å²) in [5, 5.41) is 14.0. The molecule has 0 saturated heterocycles. The van der Waals surface area contributed by atoms with Crippen molar-refractivity contribution in [2.75, 3.05) is 5.32 Å². The zero-order valence-corrected chi connectivity index (χ0v) is 13.2. The maximum absolute atomic E-state index is 12.1. The standard InChI is InChI=1S/C12H9ClIN3O3/c1-16-10(4-5-11(16)17(19)20)12(18)15-9-3-2-7(13)6-8(9)14/h2-6H,1H3,(H,15,18). The predicted octanol–water partition coefficient (Wildman–Crippen LogP) is 3.44. The van der Waals surface area contributed by atoms with Crippen LogP contribution in [-0.2, 0) is 7.05 Å². The van der Waals surface area contributed by atoms with E-state index in [1.165, 1.54) is 23.7 Å². The maximum Gasteiger partial charge on any atom is 0.323 e. The van der Waals surface area contributed by atoms with Crippen molar-refractivity contribution >= 4 is 51.6 Å². The van der Waals surface area contributed by atoms with Gasteiger partial charge in [0.15, 0.2) is 5.69 Å². The first-order valence-electron chi connectivity index (χ1n) is 5.46. The molecule has 2 rings (SSSR count). The monoisotopic (exact) mass is 405 g/mol. The van der Waals surface area contributed by atoms with Crippen molar-refractivity contribution in [2.24, 2.45) is 7.05 Å². The highest BCUT2D eigenvalue weighted by atomic mass is 127. The summed E-state index contributed by atoms with van der Waals surface area (Å²) in [5.41, 5.74) is 0.811. The van der Waals surface area contributed by atoms with E-state index in [2.05, 4.69) is 5.32 Å². The lowest BCUT2D eigenvalue weighted by atomic mass is 10.3. The van der Waals surface area contributed by atoms with Crippen LogP contribution in [0, 0.1) is 13.7 Å². The molecule has 0 unspecified atom stereocenters. The van der Waals surface area contributed by atoms with E-state index in [0.29, 0.717) is 10.7 Å². The Morgan fingerprint density at radius 2 is 2.10 bits per heavy atom. The second kappa shape index (κ2) is 5.80. The first kappa shape index (κ1) is 14.8. The zero-order chi connectivity index (χ0) is 14.9. The quantitative estimate of drug-likeness (QED) is 0.483. The molecule has 0 bridgehead atoms. The number of halogens is 2. The van der Waals surface area contributed by atoms with Crippen molar-refractivity contribution in [3.05, 3.63) is 54.7 Å². The molecule has 0 atom stereocenters. The van der Waals surface area contributed by atoms with Gasteiger partial charge in [-0.1, -0.05) is 11.6 Å². The van der Waals surface area contributed by atoms with Crippen molar-refractivity contribution < 1.29 is 9.72 Å². The second-order valence-corrected chi connectivity index (χ2v) is 5.57. The normalized spacial score (nSPS) is 10.3. The molecule has 1 aromatic carbocycles. The molecule has 20 heavy (non-hydrogen) atoms. The lowest BCUT2D eigenvalue weighted by Crippen LogP contribution is -2.16. The van der Waals surface area contributed by atoms with Crippen LogP contribution in [0.1, 0.15) is 10.5 Å². The van der Waals surface area contributed by atoms with E-state index < -0.39 is 10.8 Å². The number of benzene rings is 1. The van der Waals surface area contributed by atoms with Crippen LogP contribution >= 0.6 is 34.2 Å². The fourth-order valence-corrected chi connectivity index (χ4v) is 2.70. The van der Waals surface area contributed by atoms with E-state index >= 15 is 0 Å². The van der Waals surface area contributed by atoms with Gasteiger partial charge in [0.25, 0.3) is 5.91 Å². The number of amides is 1. The third-order valence-corrected chi connectivity index (χ3v) is 3.82. The highest BCUT2D eigenvalue weighted by molar-refractivity contribution is 14.1. The molecule has 0 radical (unpaired) electrons. The van der Waals surface area contributed by atoms with Crippen LogP contribution in [0.15, 0.2) is 30.3 Å². The van der Waals surface area contributed by atoms with E-state index in [-0.39, 0.29) is 11.5 Å². The number of carbonyl (C=O) groups excluding carboxylic acids is 1. The number of carbonyl (C=O) groups is 1. The molecule has 1 aromatic heterocycles. The van der Waals surface area contributed by atoms with Crippen molar-refractivity contribution in [3.8, 4) is 0 Å². The van der Waals surface area contributed by atoms with E-state index in [1.807, 2.05) is 22.6 Å². The number of nitrogens with zero attached hydrogens (tertiary/aromatic N) is 2. The van der Waals surface area contributed by atoms with Gasteiger partial charge in [-0.05, 0) is 51.8 Å². The molecule has 104 valence electrons. The van der Waals surface area contributed by atoms with Gasteiger partial charge in [0, 0.05) is 14.7 Å². The minimum atomic E-state index is -0.539.